The number of nitrogens with one attached hydrogen (secondary N) is 4. The second kappa shape index (κ2) is 19.5. The zero-order valence-corrected chi connectivity index (χ0v) is 32.7. The topological polar surface area (TPSA) is 183 Å². The molecule has 3 rings (SSSR count). The van der Waals surface area contributed by atoms with Gasteiger partial charge in [-0.25, -0.2) is 4.79 Å². The third-order valence-electron chi connectivity index (χ3n) is 9.61. The number of carbonyl (C=O) groups excluding carboxylic acids is 7. The minimum atomic E-state index is -1.23. The molecule has 1 aliphatic carbocycles. The Morgan fingerprint density at radius 1 is 0.887 bits per heavy atom. The van der Waals surface area contributed by atoms with Gasteiger partial charge in [0.05, 0.1) is 19.2 Å². The van der Waals surface area contributed by atoms with Gasteiger partial charge in [0.2, 0.25) is 29.4 Å². The van der Waals surface area contributed by atoms with Gasteiger partial charge < -0.3 is 35.8 Å². The van der Waals surface area contributed by atoms with Crippen molar-refractivity contribution < 1.29 is 38.3 Å². The molecule has 14 nitrogen and oxygen atoms in total. The number of amides is 6. The Hall–Kier alpha value is -4.49. The van der Waals surface area contributed by atoms with Crippen LogP contribution in [0.15, 0.2) is 30.3 Å². The number of hydrogen-bond acceptors (Lipinski definition) is 8. The number of Topliss-reactive ketones (excluding diaryl/α,β-unsaturated/α-hetero) is 1. The van der Waals surface area contributed by atoms with Gasteiger partial charge in [-0.05, 0) is 54.4 Å². The van der Waals surface area contributed by atoms with E-state index >= 15 is 0 Å². The lowest BCUT2D eigenvalue weighted by Gasteiger charge is -2.35. The molecule has 1 aliphatic heterocycles. The molecule has 1 aromatic carbocycles. The van der Waals surface area contributed by atoms with Crippen molar-refractivity contribution in [3.05, 3.63) is 35.9 Å². The summed E-state index contributed by atoms with van der Waals surface area (Å²) in [7, 11) is 3.12. The van der Waals surface area contributed by atoms with Crippen LogP contribution in [0.25, 0.3) is 0 Å². The van der Waals surface area contributed by atoms with Crippen LogP contribution in [0.1, 0.15) is 98.1 Å². The van der Waals surface area contributed by atoms with E-state index in [1.807, 2.05) is 41.5 Å². The van der Waals surface area contributed by atoms with Crippen LogP contribution in [-0.4, -0.2) is 103 Å². The van der Waals surface area contributed by atoms with Gasteiger partial charge in [0.15, 0.2) is 0 Å². The highest BCUT2D eigenvalue weighted by molar-refractivity contribution is 6.38. The number of nitrogens with zero attached hydrogens (tertiary/aromatic N) is 2. The molecular weight excluding hydrogens is 680 g/mol. The first kappa shape index (κ1) is 42.9. The van der Waals surface area contributed by atoms with Gasteiger partial charge in [-0.15, -0.1) is 0 Å². The number of alkyl carbamates (subject to hydrolysis) is 1. The molecule has 0 bridgehead atoms. The number of benzene rings is 1. The van der Waals surface area contributed by atoms with E-state index in [9.17, 15) is 33.6 Å². The smallest absolute Gasteiger partial charge is 0.407 e. The van der Waals surface area contributed by atoms with Gasteiger partial charge in [-0.3, -0.25) is 28.8 Å². The van der Waals surface area contributed by atoms with Crippen LogP contribution < -0.4 is 21.3 Å². The molecule has 4 N–H and O–H groups in total. The maximum absolute atomic E-state index is 14.3. The molecule has 1 saturated heterocycles. The van der Waals surface area contributed by atoms with Crippen LogP contribution in [0.4, 0.5) is 4.79 Å². The SMILES string of the molecule is CC(C)COC(=O)N[C@H](C(=O)N1CC(C)(C)C[C@H]1C(=O)N[C@@H](CC(C)C)C(=O)C(=O)NCC(=O)N[C@H](C(=O)N(C)C)c1ccccc1)C1CCCCC1. The summed E-state index contributed by atoms with van der Waals surface area (Å²) in [5, 5.41) is 10.5. The Bertz CT molecular complexity index is 1460. The summed E-state index contributed by atoms with van der Waals surface area (Å²) < 4.78 is 5.37. The average molecular weight is 741 g/mol. The average Bonchev–Trinajstić information content (AvgIpc) is 3.45. The van der Waals surface area contributed by atoms with Crippen LogP contribution in [-0.2, 0) is 33.5 Å². The number of ether oxygens (including phenoxy) is 1. The summed E-state index contributed by atoms with van der Waals surface area (Å²) in [5.74, 6) is -4.11. The van der Waals surface area contributed by atoms with Gasteiger partial charge in [0, 0.05) is 20.6 Å². The third kappa shape index (κ3) is 12.8. The van der Waals surface area contributed by atoms with Gasteiger partial charge >= 0.3 is 6.09 Å². The molecule has 0 radical (unpaired) electrons. The van der Waals surface area contributed by atoms with Crippen molar-refractivity contribution in [1.82, 2.24) is 31.1 Å². The molecule has 2 aliphatic rings. The van der Waals surface area contributed by atoms with Crippen molar-refractivity contribution in [1.29, 1.82) is 0 Å². The maximum atomic E-state index is 14.3. The highest BCUT2D eigenvalue weighted by atomic mass is 16.5. The Morgan fingerprint density at radius 2 is 1.53 bits per heavy atom. The summed E-state index contributed by atoms with van der Waals surface area (Å²) in [4.78, 5) is 96.3. The zero-order chi connectivity index (χ0) is 39.5. The molecule has 1 saturated carbocycles. The molecule has 0 unspecified atom stereocenters. The molecule has 4 atom stereocenters. The second-order valence-electron chi connectivity index (χ2n) is 16.2. The first-order chi connectivity index (χ1) is 24.9. The first-order valence-electron chi connectivity index (χ1n) is 18.8. The second-order valence-corrected chi connectivity index (χ2v) is 16.2. The van der Waals surface area contributed by atoms with E-state index in [4.69, 9.17) is 4.74 Å². The highest BCUT2D eigenvalue weighted by Crippen LogP contribution is 2.36. The molecule has 53 heavy (non-hydrogen) atoms. The lowest BCUT2D eigenvalue weighted by atomic mass is 9.83. The number of likely N-dealkylation sites (tertiary alicyclic amines) is 1. The number of likely N-dealkylation sites (N-methyl/N-ethyl adjacent to an activating group) is 1. The lowest BCUT2D eigenvalue weighted by molar-refractivity contribution is -0.143. The Kier molecular flexibility index (Phi) is 15.8. The number of carbonyl (C=O) groups is 7. The molecule has 0 spiro atoms. The van der Waals surface area contributed by atoms with E-state index in [0.717, 1.165) is 32.1 Å². The van der Waals surface area contributed by atoms with E-state index in [1.165, 1.54) is 9.80 Å². The standard InChI is InChI=1S/C39H60N6O8/c1-24(2)19-28(33(47)35(49)40-21-30(46)42-31(36(50)44(7)8)26-15-11-9-12-16-26)41-34(48)29-20-39(5,6)23-45(29)37(51)32(27-17-13-10-14-18-27)43-38(52)53-22-25(3)4/h9,11-12,15-16,24-25,27-29,31-32H,10,13-14,17-23H2,1-8H3,(H,40,49)(H,41,48)(H,42,46)(H,43,52)/t28-,29-,31-,32-/m0/s1. The van der Waals surface area contributed by atoms with E-state index < -0.39 is 65.7 Å². The summed E-state index contributed by atoms with van der Waals surface area (Å²) in [6, 6.07) is 4.60. The van der Waals surface area contributed by atoms with Gasteiger partial charge in [0.1, 0.15) is 18.1 Å². The van der Waals surface area contributed by atoms with Gasteiger partial charge in [0.25, 0.3) is 5.91 Å². The fourth-order valence-corrected chi connectivity index (χ4v) is 6.95. The Balaban J connectivity index is 1.74. The molecular formula is C39H60N6O8. The van der Waals surface area contributed by atoms with Crippen molar-refractivity contribution >= 4 is 41.4 Å². The van der Waals surface area contributed by atoms with Crippen molar-refractivity contribution in [3.63, 3.8) is 0 Å². The molecule has 1 heterocycles. The van der Waals surface area contributed by atoms with Crippen molar-refractivity contribution in [2.24, 2.45) is 23.2 Å². The number of hydrogen-bond donors (Lipinski definition) is 4. The van der Waals surface area contributed by atoms with Crippen LogP contribution in [0, 0.1) is 23.2 Å². The third-order valence-corrected chi connectivity index (χ3v) is 9.61. The molecule has 0 aromatic heterocycles. The van der Waals surface area contributed by atoms with E-state index in [1.54, 1.807) is 44.4 Å². The minimum absolute atomic E-state index is 0.0986. The fraction of sp³-hybridized carbons (Fsp3) is 0.667. The van der Waals surface area contributed by atoms with Crippen molar-refractivity contribution in [2.75, 3.05) is 33.8 Å². The summed E-state index contributed by atoms with van der Waals surface area (Å²) in [6.45, 7) is 11.3. The quantitative estimate of drug-likeness (QED) is 0.187. The van der Waals surface area contributed by atoms with Gasteiger partial charge in [-0.2, -0.15) is 0 Å². The van der Waals surface area contributed by atoms with Crippen molar-refractivity contribution in [3.8, 4) is 0 Å². The van der Waals surface area contributed by atoms with E-state index in [0.29, 0.717) is 12.0 Å². The first-order valence-corrected chi connectivity index (χ1v) is 18.8. The minimum Gasteiger partial charge on any atom is -0.449 e. The summed E-state index contributed by atoms with van der Waals surface area (Å²) >= 11 is 0. The monoisotopic (exact) mass is 740 g/mol. The summed E-state index contributed by atoms with van der Waals surface area (Å²) in [5.41, 5.74) is 0.108. The normalized spacial score (nSPS) is 18.8. The fourth-order valence-electron chi connectivity index (χ4n) is 6.95. The Morgan fingerprint density at radius 3 is 2.11 bits per heavy atom. The van der Waals surface area contributed by atoms with E-state index in [2.05, 4.69) is 21.3 Å². The van der Waals surface area contributed by atoms with Crippen molar-refractivity contribution in [2.45, 2.75) is 111 Å². The van der Waals surface area contributed by atoms with Crippen LogP contribution >= 0.6 is 0 Å². The highest BCUT2D eigenvalue weighted by Gasteiger charge is 2.47. The Labute approximate surface area is 313 Å². The van der Waals surface area contributed by atoms with E-state index in [-0.39, 0.29) is 49.1 Å². The number of ketones is 1. The molecule has 1 aromatic rings. The number of rotatable bonds is 16. The van der Waals surface area contributed by atoms with Crippen LogP contribution in [0.3, 0.4) is 0 Å². The predicted molar refractivity (Wildman–Crippen MR) is 199 cm³/mol. The molecule has 6 amide bonds. The van der Waals surface area contributed by atoms with Crippen LogP contribution in [0.2, 0.25) is 0 Å². The molecule has 294 valence electrons. The maximum Gasteiger partial charge on any atom is 0.407 e. The lowest BCUT2D eigenvalue weighted by Crippen LogP contribution is -2.58. The summed E-state index contributed by atoms with van der Waals surface area (Å²) in [6.07, 6.45) is 4.18. The van der Waals surface area contributed by atoms with Gasteiger partial charge in [-0.1, -0.05) is 91.1 Å². The molecule has 14 heteroatoms. The van der Waals surface area contributed by atoms with Crippen LogP contribution in [0.5, 0.6) is 0 Å². The largest absolute Gasteiger partial charge is 0.449 e. The molecule has 2 fully saturated rings. The predicted octanol–water partition coefficient (Wildman–Crippen LogP) is 3.11. The zero-order valence-electron chi connectivity index (χ0n) is 32.7.